The van der Waals surface area contributed by atoms with Crippen LogP contribution in [0.1, 0.15) is 15.9 Å². The van der Waals surface area contributed by atoms with E-state index in [2.05, 4.69) is 10.9 Å². The van der Waals surface area contributed by atoms with Gasteiger partial charge in [0.15, 0.2) is 0 Å². The summed E-state index contributed by atoms with van der Waals surface area (Å²) in [4.78, 5) is 23.4. The minimum Gasteiger partial charge on any atom is -0.272 e. The summed E-state index contributed by atoms with van der Waals surface area (Å²) in [7, 11) is 0. The van der Waals surface area contributed by atoms with E-state index in [0.29, 0.717) is 10.8 Å². The fraction of sp³-hybridized carbons (Fsp3) is 0.125. The van der Waals surface area contributed by atoms with E-state index in [1.54, 1.807) is 6.07 Å². The zero-order valence-corrected chi connectivity index (χ0v) is 13.6. The first-order valence-electron chi connectivity index (χ1n) is 6.71. The molecule has 0 saturated heterocycles. The highest BCUT2D eigenvalue weighted by Gasteiger charge is 2.07. The topological polar surface area (TPSA) is 58.2 Å². The molecule has 0 unspecified atom stereocenters. The third-order valence-corrected chi connectivity index (χ3v) is 4.05. The summed E-state index contributed by atoms with van der Waals surface area (Å²) in [5.41, 5.74) is 5.88. The molecule has 23 heavy (non-hydrogen) atoms. The Bertz CT molecular complexity index is 695. The molecule has 2 amide bonds. The van der Waals surface area contributed by atoms with Gasteiger partial charge in [-0.2, -0.15) is 0 Å². The fourth-order valence-electron chi connectivity index (χ4n) is 1.72. The molecule has 0 aliphatic carbocycles. The minimum absolute atomic E-state index is 0.191. The summed E-state index contributed by atoms with van der Waals surface area (Å²) in [5.74, 6) is -0.426. The summed E-state index contributed by atoms with van der Waals surface area (Å²) in [6.07, 6.45) is 0. The lowest BCUT2D eigenvalue weighted by molar-refractivity contribution is -0.119. The van der Waals surface area contributed by atoms with Crippen LogP contribution in [0, 0.1) is 5.82 Å². The molecule has 0 atom stereocenters. The summed E-state index contributed by atoms with van der Waals surface area (Å²) < 4.78 is 12.8. The van der Waals surface area contributed by atoms with Crippen LogP contribution in [0.2, 0.25) is 5.02 Å². The number of rotatable bonds is 5. The van der Waals surface area contributed by atoms with Crippen molar-refractivity contribution in [2.75, 3.05) is 5.75 Å². The lowest BCUT2D eigenvalue weighted by atomic mass is 10.2. The highest BCUT2D eigenvalue weighted by atomic mass is 35.5. The van der Waals surface area contributed by atoms with Crippen LogP contribution in [0.5, 0.6) is 0 Å². The van der Waals surface area contributed by atoms with Crippen molar-refractivity contribution in [2.24, 2.45) is 0 Å². The van der Waals surface area contributed by atoms with Gasteiger partial charge in [0.1, 0.15) is 5.82 Å². The number of hydrogen-bond donors (Lipinski definition) is 2. The Morgan fingerprint density at radius 3 is 2.52 bits per heavy atom. The summed E-state index contributed by atoms with van der Waals surface area (Å²) in [6.45, 7) is 0. The molecule has 0 aromatic heterocycles. The van der Waals surface area contributed by atoms with Gasteiger partial charge in [0, 0.05) is 16.3 Å². The Morgan fingerprint density at radius 1 is 1.09 bits per heavy atom. The molecule has 0 aliphatic heterocycles. The third-order valence-electron chi connectivity index (χ3n) is 2.81. The zero-order valence-electron chi connectivity index (χ0n) is 12.0. The molecule has 2 N–H and O–H groups in total. The monoisotopic (exact) mass is 352 g/mol. The first kappa shape index (κ1) is 17.3. The van der Waals surface area contributed by atoms with E-state index in [-0.39, 0.29) is 17.2 Å². The summed E-state index contributed by atoms with van der Waals surface area (Å²) in [6, 6.07) is 12.4. The maximum Gasteiger partial charge on any atom is 0.269 e. The highest BCUT2D eigenvalue weighted by molar-refractivity contribution is 7.99. The number of nitrogens with one attached hydrogen (secondary N) is 2. The molecular weight excluding hydrogens is 339 g/mol. The second-order valence-corrected chi connectivity index (χ2v) is 6.05. The van der Waals surface area contributed by atoms with Crippen LogP contribution in [0.4, 0.5) is 4.39 Å². The molecule has 7 heteroatoms. The number of hydrogen-bond acceptors (Lipinski definition) is 3. The highest BCUT2D eigenvalue weighted by Crippen LogP contribution is 2.16. The van der Waals surface area contributed by atoms with Crippen molar-refractivity contribution in [1.82, 2.24) is 10.9 Å². The normalized spacial score (nSPS) is 10.2. The molecule has 0 fully saturated rings. The second-order valence-electron chi connectivity index (χ2n) is 4.63. The van der Waals surface area contributed by atoms with Crippen molar-refractivity contribution in [3.8, 4) is 0 Å². The van der Waals surface area contributed by atoms with Crippen LogP contribution in [0.3, 0.4) is 0 Å². The minimum atomic E-state index is -0.502. The number of thioether (sulfide) groups is 1. The molecule has 2 aromatic rings. The van der Waals surface area contributed by atoms with Crippen LogP contribution >= 0.6 is 23.4 Å². The van der Waals surface area contributed by atoms with Crippen molar-refractivity contribution >= 4 is 35.2 Å². The maximum atomic E-state index is 12.8. The SMILES string of the molecule is O=C(CSCc1cccc(Cl)c1)NNC(=O)c1ccc(F)cc1. The van der Waals surface area contributed by atoms with Crippen molar-refractivity contribution in [3.05, 3.63) is 70.5 Å². The largest absolute Gasteiger partial charge is 0.272 e. The van der Waals surface area contributed by atoms with Gasteiger partial charge in [-0.15, -0.1) is 11.8 Å². The van der Waals surface area contributed by atoms with Gasteiger partial charge in [-0.1, -0.05) is 23.7 Å². The van der Waals surface area contributed by atoms with Crippen LogP contribution in [-0.4, -0.2) is 17.6 Å². The maximum absolute atomic E-state index is 12.8. The lowest BCUT2D eigenvalue weighted by Crippen LogP contribution is -2.42. The number of carbonyl (C=O) groups excluding carboxylic acids is 2. The summed E-state index contributed by atoms with van der Waals surface area (Å²) >= 11 is 7.28. The zero-order chi connectivity index (χ0) is 16.7. The van der Waals surface area contributed by atoms with Gasteiger partial charge in [-0.05, 0) is 42.0 Å². The van der Waals surface area contributed by atoms with E-state index < -0.39 is 11.7 Å². The van der Waals surface area contributed by atoms with Crippen LogP contribution in [0.25, 0.3) is 0 Å². The van der Waals surface area contributed by atoms with Gasteiger partial charge in [0.2, 0.25) is 5.91 Å². The van der Waals surface area contributed by atoms with E-state index in [0.717, 1.165) is 5.56 Å². The van der Waals surface area contributed by atoms with Crippen LogP contribution in [-0.2, 0) is 10.5 Å². The summed E-state index contributed by atoms with van der Waals surface area (Å²) in [5, 5.41) is 0.652. The number of carbonyl (C=O) groups is 2. The first-order valence-corrected chi connectivity index (χ1v) is 8.25. The molecule has 2 rings (SSSR count). The van der Waals surface area contributed by atoms with E-state index in [1.807, 2.05) is 18.2 Å². The molecule has 0 radical (unpaired) electrons. The average Bonchev–Trinajstić information content (AvgIpc) is 2.53. The quantitative estimate of drug-likeness (QED) is 0.813. The number of hydrazine groups is 1. The molecule has 4 nitrogen and oxygen atoms in total. The third kappa shape index (κ3) is 5.92. The Labute approximate surface area is 142 Å². The molecule has 120 valence electrons. The predicted octanol–water partition coefficient (Wildman–Crippen LogP) is 3.17. The van der Waals surface area contributed by atoms with Gasteiger partial charge in [-0.3, -0.25) is 20.4 Å². The van der Waals surface area contributed by atoms with Crippen molar-refractivity contribution in [1.29, 1.82) is 0 Å². The van der Waals surface area contributed by atoms with Gasteiger partial charge >= 0.3 is 0 Å². The van der Waals surface area contributed by atoms with Crippen molar-refractivity contribution in [2.45, 2.75) is 5.75 Å². The number of amides is 2. The van der Waals surface area contributed by atoms with E-state index in [4.69, 9.17) is 11.6 Å². The molecule has 0 saturated carbocycles. The van der Waals surface area contributed by atoms with E-state index in [9.17, 15) is 14.0 Å². The Morgan fingerprint density at radius 2 is 1.83 bits per heavy atom. The van der Waals surface area contributed by atoms with E-state index >= 15 is 0 Å². The molecule has 0 aliphatic rings. The first-order chi connectivity index (χ1) is 11.0. The number of benzene rings is 2. The van der Waals surface area contributed by atoms with Gasteiger partial charge < -0.3 is 0 Å². The Hall–Kier alpha value is -2.05. The van der Waals surface area contributed by atoms with E-state index in [1.165, 1.54) is 36.0 Å². The van der Waals surface area contributed by atoms with Crippen LogP contribution < -0.4 is 10.9 Å². The molecule has 2 aromatic carbocycles. The lowest BCUT2D eigenvalue weighted by Gasteiger charge is -2.07. The standard InChI is InChI=1S/C16H14ClFN2O2S/c17-13-3-1-2-11(8-13)9-23-10-15(21)19-20-16(22)12-4-6-14(18)7-5-12/h1-8H,9-10H2,(H,19,21)(H,20,22). The van der Waals surface area contributed by atoms with Crippen molar-refractivity contribution < 1.29 is 14.0 Å². The molecular formula is C16H14ClFN2O2S. The molecule has 0 spiro atoms. The molecule has 0 bridgehead atoms. The molecule has 0 heterocycles. The van der Waals surface area contributed by atoms with Gasteiger partial charge in [-0.25, -0.2) is 4.39 Å². The van der Waals surface area contributed by atoms with Gasteiger partial charge in [0.25, 0.3) is 5.91 Å². The Balaban J connectivity index is 1.70. The smallest absolute Gasteiger partial charge is 0.269 e. The van der Waals surface area contributed by atoms with Gasteiger partial charge in [0.05, 0.1) is 5.75 Å². The predicted molar refractivity (Wildman–Crippen MR) is 89.6 cm³/mol. The average molecular weight is 353 g/mol. The number of halogens is 2. The fourth-order valence-corrected chi connectivity index (χ4v) is 2.71. The second kappa shape index (κ2) is 8.55. The van der Waals surface area contributed by atoms with Crippen molar-refractivity contribution in [3.63, 3.8) is 0 Å². The van der Waals surface area contributed by atoms with Crippen LogP contribution in [0.15, 0.2) is 48.5 Å². The Kier molecular flexibility index (Phi) is 6.43.